The SMILES string of the molecule is Cc1nnc2n1-c1ccc(-c3cnn(CCCCCCn4cc(CO)nn4)c3)cc1C(c1ccc(Cl)cc1)=NC21CC1. The highest BCUT2D eigenvalue weighted by Crippen LogP contribution is 2.51. The van der Waals surface area contributed by atoms with Gasteiger partial charge in [-0.25, -0.2) is 0 Å². The second-order valence-corrected chi connectivity index (χ2v) is 11.6. The second kappa shape index (κ2) is 10.9. The Morgan fingerprint density at radius 3 is 2.36 bits per heavy atom. The van der Waals surface area contributed by atoms with Gasteiger partial charge in [0.15, 0.2) is 5.82 Å². The molecule has 0 unspecified atom stereocenters. The number of aliphatic hydroxyl groups is 1. The average molecular weight is 582 g/mol. The molecule has 4 heterocycles. The van der Waals surface area contributed by atoms with Crippen LogP contribution >= 0.6 is 11.6 Å². The zero-order valence-corrected chi connectivity index (χ0v) is 24.2. The molecule has 2 aliphatic rings. The van der Waals surface area contributed by atoms with Gasteiger partial charge in [0.05, 0.1) is 30.4 Å². The van der Waals surface area contributed by atoms with Gasteiger partial charge >= 0.3 is 0 Å². The topological polar surface area (TPSA) is 112 Å². The van der Waals surface area contributed by atoms with Crippen molar-refractivity contribution in [2.45, 2.75) is 70.7 Å². The molecule has 0 amide bonds. The molecule has 1 aliphatic heterocycles. The van der Waals surface area contributed by atoms with Crippen LogP contribution in [0.5, 0.6) is 0 Å². The summed E-state index contributed by atoms with van der Waals surface area (Å²) in [4.78, 5) is 5.35. The summed E-state index contributed by atoms with van der Waals surface area (Å²) in [5, 5.41) is 31.5. The summed E-state index contributed by atoms with van der Waals surface area (Å²) in [6.45, 7) is 3.61. The molecule has 0 radical (unpaired) electrons. The number of aryl methyl sites for hydroxylation is 3. The number of aliphatic imine (C=N–C) groups is 1. The zero-order chi connectivity index (χ0) is 28.7. The van der Waals surface area contributed by atoms with Crippen LogP contribution in [0.1, 0.15) is 67.0 Å². The van der Waals surface area contributed by atoms with Crippen LogP contribution < -0.4 is 0 Å². The molecule has 0 bridgehead atoms. The highest BCUT2D eigenvalue weighted by molar-refractivity contribution is 6.30. The van der Waals surface area contributed by atoms with Gasteiger partial charge in [0, 0.05) is 41.0 Å². The Labute approximate surface area is 248 Å². The van der Waals surface area contributed by atoms with Crippen LogP contribution in [0.4, 0.5) is 0 Å². The van der Waals surface area contributed by atoms with E-state index in [9.17, 15) is 0 Å². The van der Waals surface area contributed by atoms with E-state index in [0.29, 0.717) is 10.7 Å². The van der Waals surface area contributed by atoms with Gasteiger partial charge < -0.3 is 5.11 Å². The van der Waals surface area contributed by atoms with Crippen LogP contribution in [-0.4, -0.2) is 50.4 Å². The molecule has 1 spiro atoms. The van der Waals surface area contributed by atoms with Gasteiger partial charge in [-0.15, -0.1) is 15.3 Å². The van der Waals surface area contributed by atoms with Gasteiger partial charge in [-0.1, -0.05) is 47.9 Å². The van der Waals surface area contributed by atoms with Crippen molar-refractivity contribution in [3.8, 4) is 16.8 Å². The molecule has 42 heavy (non-hydrogen) atoms. The molecule has 1 saturated carbocycles. The Morgan fingerprint density at radius 2 is 1.62 bits per heavy atom. The summed E-state index contributed by atoms with van der Waals surface area (Å²) in [6.07, 6.45) is 12.1. The van der Waals surface area contributed by atoms with Gasteiger partial charge in [-0.2, -0.15) is 5.10 Å². The zero-order valence-electron chi connectivity index (χ0n) is 23.5. The normalized spacial score (nSPS) is 14.9. The summed E-state index contributed by atoms with van der Waals surface area (Å²) in [7, 11) is 0. The number of benzene rings is 2. The number of halogens is 1. The fourth-order valence-electron chi connectivity index (χ4n) is 5.71. The minimum atomic E-state index is -0.335. The van der Waals surface area contributed by atoms with Crippen LogP contribution in [0.2, 0.25) is 5.02 Å². The predicted molar refractivity (Wildman–Crippen MR) is 160 cm³/mol. The molecule has 0 atom stereocenters. The van der Waals surface area contributed by atoms with Gasteiger partial charge in [0.2, 0.25) is 0 Å². The quantitative estimate of drug-likeness (QED) is 0.225. The van der Waals surface area contributed by atoms with Crippen LogP contribution in [0.25, 0.3) is 16.8 Å². The number of hydrogen-bond donors (Lipinski definition) is 1. The van der Waals surface area contributed by atoms with E-state index in [1.54, 1.807) is 10.9 Å². The van der Waals surface area contributed by atoms with Crippen LogP contribution in [-0.2, 0) is 25.2 Å². The van der Waals surface area contributed by atoms with Crippen molar-refractivity contribution in [1.29, 1.82) is 0 Å². The number of rotatable bonds is 10. The monoisotopic (exact) mass is 581 g/mol. The van der Waals surface area contributed by atoms with Gasteiger partial charge in [-0.3, -0.25) is 18.9 Å². The molecule has 11 heteroatoms. The molecule has 7 rings (SSSR count). The van der Waals surface area contributed by atoms with E-state index in [1.165, 1.54) is 0 Å². The maximum atomic E-state index is 9.13. The van der Waals surface area contributed by atoms with Crippen molar-refractivity contribution in [2.75, 3.05) is 0 Å². The summed E-state index contributed by atoms with van der Waals surface area (Å²) in [6, 6.07) is 14.5. The number of hydrogen-bond acceptors (Lipinski definition) is 7. The lowest BCUT2D eigenvalue weighted by Gasteiger charge is -2.14. The molecule has 214 valence electrons. The first-order valence-corrected chi connectivity index (χ1v) is 14.9. The lowest BCUT2D eigenvalue weighted by molar-refractivity contribution is 0.276. The largest absolute Gasteiger partial charge is 0.390 e. The van der Waals surface area contributed by atoms with E-state index < -0.39 is 0 Å². The highest BCUT2D eigenvalue weighted by atomic mass is 35.5. The Balaban J connectivity index is 1.10. The molecular formula is C31H32ClN9O. The average Bonchev–Trinajstić information content (AvgIpc) is 3.30. The lowest BCUT2D eigenvalue weighted by atomic mass is 9.96. The van der Waals surface area contributed by atoms with Crippen molar-refractivity contribution >= 4 is 17.3 Å². The lowest BCUT2D eigenvalue weighted by Crippen LogP contribution is -2.11. The van der Waals surface area contributed by atoms with Crippen molar-refractivity contribution in [3.05, 3.63) is 94.5 Å². The minimum Gasteiger partial charge on any atom is -0.390 e. The van der Waals surface area contributed by atoms with Crippen molar-refractivity contribution in [1.82, 2.24) is 39.5 Å². The third-order valence-electron chi connectivity index (χ3n) is 8.14. The Kier molecular flexibility index (Phi) is 6.95. The van der Waals surface area contributed by atoms with E-state index in [1.807, 2.05) is 42.1 Å². The Morgan fingerprint density at radius 1 is 0.857 bits per heavy atom. The van der Waals surface area contributed by atoms with E-state index in [0.717, 1.165) is 96.9 Å². The van der Waals surface area contributed by atoms with Crippen LogP contribution in [0.15, 0.2) is 66.0 Å². The predicted octanol–water partition coefficient (Wildman–Crippen LogP) is 5.28. The maximum Gasteiger partial charge on any atom is 0.165 e. The summed E-state index contributed by atoms with van der Waals surface area (Å²) < 4.78 is 6.00. The van der Waals surface area contributed by atoms with E-state index in [2.05, 4.69) is 54.6 Å². The molecule has 5 aromatic rings. The van der Waals surface area contributed by atoms with Crippen LogP contribution in [0.3, 0.4) is 0 Å². The summed E-state index contributed by atoms with van der Waals surface area (Å²) >= 11 is 6.24. The van der Waals surface area contributed by atoms with E-state index in [-0.39, 0.29) is 12.1 Å². The number of unbranched alkanes of at least 4 members (excludes halogenated alkanes) is 3. The smallest absolute Gasteiger partial charge is 0.165 e. The minimum absolute atomic E-state index is 0.0716. The highest BCUT2D eigenvalue weighted by Gasteiger charge is 2.51. The molecule has 10 nitrogen and oxygen atoms in total. The molecule has 0 saturated heterocycles. The number of fused-ring (bicyclic) bond motifs is 4. The van der Waals surface area contributed by atoms with Crippen molar-refractivity contribution in [3.63, 3.8) is 0 Å². The molecule has 1 N–H and O–H groups in total. The molecule has 1 aliphatic carbocycles. The fraction of sp³-hybridized carbons (Fsp3) is 0.355. The summed E-state index contributed by atoms with van der Waals surface area (Å²) in [5.74, 6) is 1.78. The first-order chi connectivity index (χ1) is 20.5. The Bertz CT molecular complexity index is 1760. The third kappa shape index (κ3) is 5.05. The standard InChI is InChI=1S/C31H32ClN9O/c1-21-35-37-30-31(12-13-31)34-29(22-6-9-25(32)10-7-22)27-16-23(8-11-28(27)41(21)30)24-17-33-39(18-24)14-4-2-3-5-15-40-19-26(20-42)36-38-40/h6-11,16-19,42H,2-5,12-15,20H2,1H3. The number of aromatic nitrogens is 8. The maximum absolute atomic E-state index is 9.13. The van der Waals surface area contributed by atoms with E-state index in [4.69, 9.17) is 21.7 Å². The first kappa shape index (κ1) is 26.7. The van der Waals surface area contributed by atoms with Crippen LogP contribution in [0, 0.1) is 6.92 Å². The van der Waals surface area contributed by atoms with Gasteiger partial charge in [-0.05, 0) is 62.4 Å². The molecular weight excluding hydrogens is 550 g/mol. The molecule has 1 fully saturated rings. The second-order valence-electron chi connectivity index (χ2n) is 11.2. The van der Waals surface area contributed by atoms with Gasteiger partial charge in [0.25, 0.3) is 0 Å². The number of nitrogens with zero attached hydrogens (tertiary/aromatic N) is 9. The van der Waals surface area contributed by atoms with E-state index >= 15 is 0 Å². The fourth-order valence-corrected chi connectivity index (χ4v) is 5.84. The molecule has 2 aromatic carbocycles. The number of aliphatic hydroxyl groups excluding tert-OH is 1. The van der Waals surface area contributed by atoms with Crippen molar-refractivity contribution < 1.29 is 5.11 Å². The first-order valence-electron chi connectivity index (χ1n) is 14.5. The molecule has 3 aromatic heterocycles. The Hall–Kier alpha value is -4.15. The van der Waals surface area contributed by atoms with Crippen molar-refractivity contribution in [2.24, 2.45) is 4.99 Å². The summed E-state index contributed by atoms with van der Waals surface area (Å²) in [5.41, 5.74) is 6.52. The third-order valence-corrected chi connectivity index (χ3v) is 8.39. The van der Waals surface area contributed by atoms with Gasteiger partial charge in [0.1, 0.15) is 17.1 Å².